The van der Waals surface area contributed by atoms with E-state index in [0.29, 0.717) is 18.1 Å². The first kappa shape index (κ1) is 12.4. The van der Waals surface area contributed by atoms with Crippen molar-refractivity contribution in [1.82, 2.24) is 15.1 Å². The molecule has 3 rings (SSSR count). The van der Waals surface area contributed by atoms with Crippen molar-refractivity contribution < 1.29 is 9.26 Å². The summed E-state index contributed by atoms with van der Waals surface area (Å²) >= 11 is 0. The van der Waals surface area contributed by atoms with Crippen LogP contribution in [0.2, 0.25) is 0 Å². The molecule has 6 heteroatoms. The topological polar surface area (TPSA) is 73.1 Å². The lowest BCUT2D eigenvalue weighted by atomic mass is 10.2. The minimum absolute atomic E-state index is 0.486. The number of fused-ring (bicyclic) bond motifs is 1. The van der Waals surface area contributed by atoms with Gasteiger partial charge in [-0.1, -0.05) is 23.4 Å². The normalized spacial score (nSPS) is 10.7. The SMILES string of the molecule is COc1ccccc1CNc1ncnc2onc(C)c12. The molecule has 0 amide bonds. The average Bonchev–Trinajstić information content (AvgIpc) is 2.87. The van der Waals surface area contributed by atoms with Gasteiger partial charge in [0.2, 0.25) is 0 Å². The Labute approximate surface area is 115 Å². The van der Waals surface area contributed by atoms with Gasteiger partial charge in [0.1, 0.15) is 23.3 Å². The minimum atomic E-state index is 0.486. The van der Waals surface area contributed by atoms with Crippen molar-refractivity contribution in [2.75, 3.05) is 12.4 Å². The van der Waals surface area contributed by atoms with Crippen molar-refractivity contribution in [3.05, 3.63) is 41.9 Å². The molecule has 0 spiro atoms. The fourth-order valence-electron chi connectivity index (χ4n) is 2.08. The Balaban J connectivity index is 1.89. The standard InChI is InChI=1S/C14H14N4O2/c1-9-12-13(16-8-17-14(12)20-18-9)15-7-10-5-3-4-6-11(10)19-2/h3-6,8H,7H2,1-2H3,(H,15,16,17). The highest BCUT2D eigenvalue weighted by molar-refractivity contribution is 5.87. The van der Waals surface area contributed by atoms with Crippen LogP contribution in [0.25, 0.3) is 11.1 Å². The maximum absolute atomic E-state index is 5.33. The lowest BCUT2D eigenvalue weighted by Gasteiger charge is -2.10. The van der Waals surface area contributed by atoms with Gasteiger partial charge in [0.25, 0.3) is 5.71 Å². The number of nitrogens with zero attached hydrogens (tertiary/aromatic N) is 3. The van der Waals surface area contributed by atoms with Gasteiger partial charge in [0.15, 0.2) is 0 Å². The van der Waals surface area contributed by atoms with Crippen LogP contribution in [0.1, 0.15) is 11.3 Å². The second-order valence-electron chi connectivity index (χ2n) is 4.34. The van der Waals surface area contributed by atoms with Gasteiger partial charge in [-0.15, -0.1) is 0 Å². The molecule has 0 atom stereocenters. The monoisotopic (exact) mass is 270 g/mol. The quantitative estimate of drug-likeness (QED) is 0.785. The molecule has 0 bridgehead atoms. The van der Waals surface area contributed by atoms with Gasteiger partial charge in [0, 0.05) is 12.1 Å². The van der Waals surface area contributed by atoms with E-state index in [2.05, 4.69) is 20.4 Å². The van der Waals surface area contributed by atoms with E-state index < -0.39 is 0 Å². The highest BCUT2D eigenvalue weighted by atomic mass is 16.5. The lowest BCUT2D eigenvalue weighted by Crippen LogP contribution is -2.04. The highest BCUT2D eigenvalue weighted by Crippen LogP contribution is 2.24. The molecule has 1 N–H and O–H groups in total. The molecular weight excluding hydrogens is 256 g/mol. The van der Waals surface area contributed by atoms with Crippen LogP contribution in [0.3, 0.4) is 0 Å². The molecule has 2 heterocycles. The number of methoxy groups -OCH3 is 1. The Kier molecular flexibility index (Phi) is 3.20. The average molecular weight is 270 g/mol. The summed E-state index contributed by atoms with van der Waals surface area (Å²) in [5, 5.41) is 7.99. The van der Waals surface area contributed by atoms with Crippen molar-refractivity contribution in [2.24, 2.45) is 0 Å². The third-order valence-electron chi connectivity index (χ3n) is 3.08. The molecule has 0 aliphatic carbocycles. The summed E-state index contributed by atoms with van der Waals surface area (Å²) < 4.78 is 10.4. The lowest BCUT2D eigenvalue weighted by molar-refractivity contribution is 0.410. The van der Waals surface area contributed by atoms with Crippen LogP contribution >= 0.6 is 0 Å². The number of nitrogens with one attached hydrogen (secondary N) is 1. The first-order chi connectivity index (χ1) is 9.79. The first-order valence-corrected chi connectivity index (χ1v) is 6.22. The number of aromatic nitrogens is 3. The summed E-state index contributed by atoms with van der Waals surface area (Å²) in [6.07, 6.45) is 1.46. The number of hydrogen-bond donors (Lipinski definition) is 1. The molecule has 0 radical (unpaired) electrons. The van der Waals surface area contributed by atoms with Crippen LogP contribution in [0.15, 0.2) is 35.1 Å². The van der Waals surface area contributed by atoms with Crippen molar-refractivity contribution in [3.63, 3.8) is 0 Å². The van der Waals surface area contributed by atoms with Crippen LogP contribution in [0.4, 0.5) is 5.82 Å². The number of benzene rings is 1. The zero-order valence-electron chi connectivity index (χ0n) is 11.3. The van der Waals surface area contributed by atoms with Crippen LogP contribution in [-0.2, 0) is 6.54 Å². The summed E-state index contributed by atoms with van der Waals surface area (Å²) in [6, 6.07) is 7.84. The molecule has 0 aliphatic heterocycles. The second-order valence-corrected chi connectivity index (χ2v) is 4.34. The van der Waals surface area contributed by atoms with Crippen LogP contribution in [0, 0.1) is 6.92 Å². The molecule has 0 unspecified atom stereocenters. The zero-order chi connectivity index (χ0) is 13.9. The second kappa shape index (κ2) is 5.16. The maximum Gasteiger partial charge on any atom is 0.263 e. The summed E-state index contributed by atoms with van der Waals surface area (Å²) in [5.41, 5.74) is 2.30. The van der Waals surface area contributed by atoms with Gasteiger partial charge in [-0.25, -0.2) is 4.98 Å². The van der Waals surface area contributed by atoms with E-state index >= 15 is 0 Å². The summed E-state index contributed by atoms with van der Waals surface area (Å²) in [6.45, 7) is 2.46. The summed E-state index contributed by atoms with van der Waals surface area (Å²) in [7, 11) is 1.66. The molecule has 6 nitrogen and oxygen atoms in total. The largest absolute Gasteiger partial charge is 0.496 e. The molecule has 0 saturated heterocycles. The minimum Gasteiger partial charge on any atom is -0.496 e. The molecule has 2 aromatic heterocycles. The highest BCUT2D eigenvalue weighted by Gasteiger charge is 2.12. The van der Waals surface area contributed by atoms with Crippen molar-refractivity contribution in [2.45, 2.75) is 13.5 Å². The summed E-state index contributed by atoms with van der Waals surface area (Å²) in [4.78, 5) is 8.29. The maximum atomic E-state index is 5.33. The molecule has 102 valence electrons. The van der Waals surface area contributed by atoms with Crippen LogP contribution in [0.5, 0.6) is 5.75 Å². The Morgan fingerprint density at radius 3 is 2.95 bits per heavy atom. The molecule has 20 heavy (non-hydrogen) atoms. The van der Waals surface area contributed by atoms with Gasteiger partial charge in [-0.05, 0) is 13.0 Å². The van der Waals surface area contributed by atoms with E-state index in [1.807, 2.05) is 31.2 Å². The Bertz CT molecular complexity index is 739. The molecule has 0 fully saturated rings. The van der Waals surface area contributed by atoms with E-state index in [-0.39, 0.29) is 0 Å². The predicted molar refractivity (Wildman–Crippen MR) is 74.7 cm³/mol. The van der Waals surface area contributed by atoms with E-state index in [0.717, 1.165) is 22.4 Å². The van der Waals surface area contributed by atoms with Crippen LogP contribution in [-0.4, -0.2) is 22.2 Å². The Hall–Kier alpha value is -2.63. The van der Waals surface area contributed by atoms with Gasteiger partial charge >= 0.3 is 0 Å². The van der Waals surface area contributed by atoms with E-state index in [1.54, 1.807) is 7.11 Å². The third-order valence-corrected chi connectivity index (χ3v) is 3.08. The molecule has 3 aromatic rings. The molecule has 0 aliphatic rings. The third kappa shape index (κ3) is 2.16. The number of hydrogen-bond acceptors (Lipinski definition) is 6. The number of anilines is 1. The fourth-order valence-corrected chi connectivity index (χ4v) is 2.08. The fraction of sp³-hybridized carbons (Fsp3) is 0.214. The molecular formula is C14H14N4O2. The molecule has 1 aromatic carbocycles. The van der Waals surface area contributed by atoms with E-state index in [9.17, 15) is 0 Å². The van der Waals surface area contributed by atoms with Crippen molar-refractivity contribution in [3.8, 4) is 5.75 Å². The number of ether oxygens (including phenoxy) is 1. The Morgan fingerprint density at radius 2 is 2.10 bits per heavy atom. The number of rotatable bonds is 4. The van der Waals surface area contributed by atoms with E-state index in [4.69, 9.17) is 9.26 Å². The van der Waals surface area contributed by atoms with Gasteiger partial charge in [-0.3, -0.25) is 0 Å². The van der Waals surface area contributed by atoms with Crippen molar-refractivity contribution >= 4 is 16.9 Å². The van der Waals surface area contributed by atoms with Crippen LogP contribution < -0.4 is 10.1 Å². The van der Waals surface area contributed by atoms with E-state index in [1.165, 1.54) is 6.33 Å². The molecule has 0 saturated carbocycles. The smallest absolute Gasteiger partial charge is 0.263 e. The zero-order valence-corrected chi connectivity index (χ0v) is 11.3. The predicted octanol–water partition coefficient (Wildman–Crippen LogP) is 2.55. The van der Waals surface area contributed by atoms with Gasteiger partial charge < -0.3 is 14.6 Å². The number of aryl methyl sites for hydroxylation is 1. The number of para-hydroxylation sites is 1. The van der Waals surface area contributed by atoms with Gasteiger partial charge in [-0.2, -0.15) is 4.98 Å². The van der Waals surface area contributed by atoms with Gasteiger partial charge in [0.05, 0.1) is 12.8 Å². The summed E-state index contributed by atoms with van der Waals surface area (Å²) in [5.74, 6) is 1.55. The Morgan fingerprint density at radius 1 is 1.25 bits per heavy atom. The first-order valence-electron chi connectivity index (χ1n) is 6.22. The van der Waals surface area contributed by atoms with Crippen molar-refractivity contribution in [1.29, 1.82) is 0 Å².